The number of methoxy groups -OCH3 is 1. The summed E-state index contributed by atoms with van der Waals surface area (Å²) in [5.74, 6) is 1.26. The molecule has 0 fully saturated rings. The number of unbranched alkanes of at least 4 members (excludes halogenated alkanes) is 2. The molecule has 0 unspecified atom stereocenters. The number of halogens is 1. The predicted octanol–water partition coefficient (Wildman–Crippen LogP) is 4.81. The molecule has 0 amide bonds. The van der Waals surface area contributed by atoms with Crippen molar-refractivity contribution in [1.82, 2.24) is 10.6 Å². The minimum absolute atomic E-state index is 0. The fourth-order valence-corrected chi connectivity index (χ4v) is 3.21. The van der Waals surface area contributed by atoms with Gasteiger partial charge in [-0.1, -0.05) is 60.7 Å². The number of hydrogen-bond donors (Lipinski definition) is 2. The minimum Gasteiger partial charge on any atom is -0.385 e. The van der Waals surface area contributed by atoms with Gasteiger partial charge >= 0.3 is 0 Å². The van der Waals surface area contributed by atoms with Crippen molar-refractivity contribution >= 4 is 29.9 Å². The van der Waals surface area contributed by atoms with Crippen molar-refractivity contribution in [2.75, 3.05) is 33.9 Å². The van der Waals surface area contributed by atoms with Crippen LogP contribution in [0.5, 0.6) is 0 Å². The largest absolute Gasteiger partial charge is 0.385 e. The summed E-state index contributed by atoms with van der Waals surface area (Å²) in [6.45, 7) is 2.65. The van der Waals surface area contributed by atoms with Gasteiger partial charge in [-0.2, -0.15) is 0 Å². The van der Waals surface area contributed by atoms with E-state index in [-0.39, 0.29) is 24.0 Å². The van der Waals surface area contributed by atoms with Crippen LogP contribution in [0.15, 0.2) is 65.7 Å². The maximum atomic E-state index is 5.08. The van der Waals surface area contributed by atoms with Crippen LogP contribution in [-0.2, 0) is 4.74 Å². The minimum atomic E-state index is 0. The Morgan fingerprint density at radius 2 is 1.43 bits per heavy atom. The molecule has 2 N–H and O–H groups in total. The van der Waals surface area contributed by atoms with Crippen LogP contribution in [-0.4, -0.2) is 39.8 Å². The normalized spacial score (nSPS) is 11.2. The van der Waals surface area contributed by atoms with E-state index < -0.39 is 0 Å². The van der Waals surface area contributed by atoms with Gasteiger partial charge in [0, 0.05) is 39.8 Å². The van der Waals surface area contributed by atoms with Crippen LogP contribution in [0, 0.1) is 0 Å². The van der Waals surface area contributed by atoms with Crippen LogP contribution in [0.4, 0.5) is 0 Å². The molecular weight excluding hydrogens is 461 g/mol. The first-order valence-corrected chi connectivity index (χ1v) is 9.88. The van der Waals surface area contributed by atoms with Gasteiger partial charge < -0.3 is 15.4 Å². The quantitative estimate of drug-likeness (QED) is 0.204. The van der Waals surface area contributed by atoms with E-state index in [1.54, 1.807) is 7.11 Å². The second-order valence-corrected chi connectivity index (χ2v) is 6.64. The molecule has 4 nitrogen and oxygen atoms in total. The Morgan fingerprint density at radius 1 is 0.857 bits per heavy atom. The van der Waals surface area contributed by atoms with Crippen LogP contribution >= 0.6 is 24.0 Å². The number of guanidine groups is 1. The lowest BCUT2D eigenvalue weighted by Crippen LogP contribution is -2.38. The SMILES string of the molecule is CN=C(NCCCCCOC)NCCC(c1ccccc1)c1ccccc1.I. The van der Waals surface area contributed by atoms with Gasteiger partial charge in [-0.15, -0.1) is 24.0 Å². The monoisotopic (exact) mass is 495 g/mol. The van der Waals surface area contributed by atoms with Crippen molar-refractivity contribution in [2.24, 2.45) is 4.99 Å². The number of hydrogen-bond acceptors (Lipinski definition) is 2. The van der Waals surface area contributed by atoms with Crippen molar-refractivity contribution in [3.05, 3.63) is 71.8 Å². The summed E-state index contributed by atoms with van der Waals surface area (Å²) < 4.78 is 5.08. The topological polar surface area (TPSA) is 45.7 Å². The van der Waals surface area contributed by atoms with Crippen LogP contribution in [0.1, 0.15) is 42.7 Å². The van der Waals surface area contributed by atoms with Gasteiger partial charge in [0.15, 0.2) is 5.96 Å². The molecule has 2 aromatic carbocycles. The number of ether oxygens (including phenoxy) is 1. The van der Waals surface area contributed by atoms with Gasteiger partial charge in [-0.05, 0) is 36.8 Å². The fraction of sp³-hybridized carbons (Fsp3) is 0.435. The second-order valence-electron chi connectivity index (χ2n) is 6.64. The van der Waals surface area contributed by atoms with Gasteiger partial charge in [0.05, 0.1) is 0 Å². The maximum Gasteiger partial charge on any atom is 0.190 e. The van der Waals surface area contributed by atoms with Crippen LogP contribution < -0.4 is 10.6 Å². The molecular formula is C23H34IN3O. The van der Waals surface area contributed by atoms with Crippen LogP contribution in [0.2, 0.25) is 0 Å². The Bertz CT molecular complexity index is 610. The van der Waals surface area contributed by atoms with Crippen molar-refractivity contribution in [2.45, 2.75) is 31.6 Å². The van der Waals surface area contributed by atoms with E-state index >= 15 is 0 Å². The standard InChI is InChI=1S/C23H33N3O.HI/c1-24-23(25-17-10-5-11-19-27-2)26-18-16-22(20-12-6-3-7-13-20)21-14-8-4-9-15-21;/h3-4,6-9,12-15,22H,5,10-11,16-19H2,1-2H3,(H2,24,25,26);1H. The highest BCUT2D eigenvalue weighted by molar-refractivity contribution is 14.0. The lowest BCUT2D eigenvalue weighted by molar-refractivity contribution is 0.192. The number of aliphatic imine (C=N–C) groups is 1. The lowest BCUT2D eigenvalue weighted by atomic mass is 9.88. The molecule has 2 aromatic rings. The summed E-state index contributed by atoms with van der Waals surface area (Å²) >= 11 is 0. The Labute approximate surface area is 187 Å². The number of nitrogens with one attached hydrogen (secondary N) is 2. The summed E-state index contributed by atoms with van der Waals surface area (Å²) in [6, 6.07) is 21.5. The molecule has 0 aromatic heterocycles. The van der Waals surface area contributed by atoms with Crippen LogP contribution in [0.25, 0.3) is 0 Å². The molecule has 0 saturated carbocycles. The lowest BCUT2D eigenvalue weighted by Gasteiger charge is -2.19. The average molecular weight is 495 g/mol. The Balaban J connectivity index is 0.00000392. The van der Waals surface area contributed by atoms with Gasteiger partial charge in [0.1, 0.15) is 0 Å². The summed E-state index contributed by atoms with van der Waals surface area (Å²) in [7, 11) is 3.58. The molecule has 0 aliphatic carbocycles. The highest BCUT2D eigenvalue weighted by Gasteiger charge is 2.13. The maximum absolute atomic E-state index is 5.08. The van der Waals surface area contributed by atoms with E-state index in [1.165, 1.54) is 17.5 Å². The van der Waals surface area contributed by atoms with E-state index in [2.05, 4.69) is 76.3 Å². The summed E-state index contributed by atoms with van der Waals surface area (Å²) in [5, 5.41) is 6.85. The molecule has 0 spiro atoms. The molecule has 0 aliphatic heterocycles. The van der Waals surface area contributed by atoms with Crippen molar-refractivity contribution in [3.8, 4) is 0 Å². The molecule has 2 rings (SSSR count). The summed E-state index contributed by atoms with van der Waals surface area (Å²) in [5.41, 5.74) is 2.71. The van der Waals surface area contributed by atoms with E-state index in [4.69, 9.17) is 4.74 Å². The molecule has 0 aliphatic rings. The zero-order valence-electron chi connectivity index (χ0n) is 17.1. The van der Waals surface area contributed by atoms with Gasteiger partial charge in [-0.3, -0.25) is 4.99 Å². The summed E-state index contributed by atoms with van der Waals surface area (Å²) in [4.78, 5) is 4.33. The molecule has 28 heavy (non-hydrogen) atoms. The van der Waals surface area contributed by atoms with E-state index in [1.807, 2.05) is 7.05 Å². The molecule has 0 saturated heterocycles. The second kappa shape index (κ2) is 15.3. The first kappa shape index (κ1) is 24.4. The third kappa shape index (κ3) is 9.06. The number of rotatable bonds is 11. The van der Waals surface area contributed by atoms with Gasteiger partial charge in [-0.25, -0.2) is 0 Å². The van der Waals surface area contributed by atoms with Gasteiger partial charge in [0.2, 0.25) is 0 Å². The highest BCUT2D eigenvalue weighted by atomic mass is 127. The highest BCUT2D eigenvalue weighted by Crippen LogP contribution is 2.27. The molecule has 0 bridgehead atoms. The molecule has 5 heteroatoms. The molecule has 0 heterocycles. The smallest absolute Gasteiger partial charge is 0.190 e. The first-order chi connectivity index (χ1) is 13.3. The third-order valence-electron chi connectivity index (χ3n) is 4.67. The number of nitrogens with zero attached hydrogens (tertiary/aromatic N) is 1. The molecule has 0 radical (unpaired) electrons. The summed E-state index contributed by atoms with van der Waals surface area (Å²) in [6.07, 6.45) is 4.42. The van der Waals surface area contributed by atoms with E-state index in [0.29, 0.717) is 5.92 Å². The Hall–Kier alpha value is -1.60. The molecule has 154 valence electrons. The fourth-order valence-electron chi connectivity index (χ4n) is 3.21. The van der Waals surface area contributed by atoms with Crippen molar-refractivity contribution < 1.29 is 4.74 Å². The Kier molecular flexibility index (Phi) is 13.4. The zero-order chi connectivity index (χ0) is 19.2. The number of benzene rings is 2. The average Bonchev–Trinajstić information content (AvgIpc) is 2.73. The van der Waals surface area contributed by atoms with Crippen molar-refractivity contribution in [1.29, 1.82) is 0 Å². The Morgan fingerprint density at radius 3 is 1.96 bits per heavy atom. The predicted molar refractivity (Wildman–Crippen MR) is 130 cm³/mol. The van der Waals surface area contributed by atoms with Crippen LogP contribution in [0.3, 0.4) is 0 Å². The van der Waals surface area contributed by atoms with Gasteiger partial charge in [0.25, 0.3) is 0 Å². The van der Waals surface area contributed by atoms with Crippen molar-refractivity contribution in [3.63, 3.8) is 0 Å². The first-order valence-electron chi connectivity index (χ1n) is 9.88. The zero-order valence-corrected chi connectivity index (χ0v) is 19.4. The third-order valence-corrected chi connectivity index (χ3v) is 4.67. The molecule has 0 atom stereocenters. The van der Waals surface area contributed by atoms with E-state index in [9.17, 15) is 0 Å². The van der Waals surface area contributed by atoms with E-state index in [0.717, 1.165) is 44.9 Å².